The zero-order valence-electron chi connectivity index (χ0n) is 13.5. The van der Waals surface area contributed by atoms with Crippen LogP contribution < -0.4 is 10.6 Å². The molecule has 0 radical (unpaired) electrons. The first-order chi connectivity index (χ1) is 11.6. The molecule has 124 valence electrons. The highest BCUT2D eigenvalue weighted by Crippen LogP contribution is 2.31. The molecule has 2 amide bonds. The molecule has 0 saturated heterocycles. The Bertz CT molecular complexity index is 792. The molecule has 0 spiro atoms. The lowest BCUT2D eigenvalue weighted by Crippen LogP contribution is -2.45. The van der Waals surface area contributed by atoms with E-state index >= 15 is 0 Å². The molecule has 0 unspecified atom stereocenters. The van der Waals surface area contributed by atoms with Crippen molar-refractivity contribution >= 4 is 12.0 Å². The topological polar surface area (TPSA) is 80.6 Å². The number of esters is 1. The van der Waals surface area contributed by atoms with Gasteiger partial charge in [0.15, 0.2) is 0 Å². The molecular weight excluding hydrogens is 308 g/mol. The summed E-state index contributed by atoms with van der Waals surface area (Å²) in [4.78, 5) is 24.1. The predicted octanol–water partition coefficient (Wildman–Crippen LogP) is 3.14. The minimum Gasteiger partial charge on any atom is -0.463 e. The van der Waals surface area contributed by atoms with Gasteiger partial charge in [0, 0.05) is 11.3 Å². The van der Waals surface area contributed by atoms with Gasteiger partial charge >= 0.3 is 12.0 Å². The molecule has 1 aliphatic rings. The second-order valence-corrected chi connectivity index (χ2v) is 5.36. The summed E-state index contributed by atoms with van der Waals surface area (Å²) in [7, 11) is 0. The van der Waals surface area contributed by atoms with E-state index in [9.17, 15) is 9.59 Å². The zero-order valence-corrected chi connectivity index (χ0v) is 13.5. The summed E-state index contributed by atoms with van der Waals surface area (Å²) in [6.07, 6.45) is 0. The van der Waals surface area contributed by atoms with Crippen LogP contribution in [0.25, 0.3) is 11.3 Å². The quantitative estimate of drug-likeness (QED) is 0.846. The maximum absolute atomic E-state index is 12.3. The number of hydrogen-bond donors (Lipinski definition) is 2. The predicted molar refractivity (Wildman–Crippen MR) is 87.9 cm³/mol. The first kappa shape index (κ1) is 15.9. The van der Waals surface area contributed by atoms with E-state index in [0.29, 0.717) is 22.8 Å². The molecule has 0 bridgehead atoms. The van der Waals surface area contributed by atoms with Crippen LogP contribution in [0.1, 0.15) is 25.6 Å². The lowest BCUT2D eigenvalue weighted by Gasteiger charge is -2.26. The lowest BCUT2D eigenvalue weighted by atomic mass is 10.0. The van der Waals surface area contributed by atoms with Crippen molar-refractivity contribution in [3.8, 4) is 11.3 Å². The van der Waals surface area contributed by atoms with Crippen molar-refractivity contribution in [2.45, 2.75) is 19.9 Å². The van der Waals surface area contributed by atoms with Crippen molar-refractivity contribution in [1.29, 1.82) is 0 Å². The van der Waals surface area contributed by atoms with E-state index in [4.69, 9.17) is 9.15 Å². The third-order valence-electron chi connectivity index (χ3n) is 3.73. The Morgan fingerprint density at radius 3 is 2.67 bits per heavy atom. The van der Waals surface area contributed by atoms with Gasteiger partial charge in [-0.3, -0.25) is 0 Å². The number of carbonyl (C=O) groups is 2. The molecule has 0 saturated carbocycles. The SMILES string of the molecule is CCOC(=O)C1=C(C)NC(=O)N[C@H]1c1ccc(-c2ccccc2)o1. The first-order valence-electron chi connectivity index (χ1n) is 7.70. The number of urea groups is 1. The molecule has 1 aromatic carbocycles. The first-order valence-corrected chi connectivity index (χ1v) is 7.70. The van der Waals surface area contributed by atoms with Gasteiger partial charge in [-0.05, 0) is 26.0 Å². The molecule has 0 aliphatic carbocycles. The van der Waals surface area contributed by atoms with Crippen molar-refractivity contribution in [2.24, 2.45) is 0 Å². The second-order valence-electron chi connectivity index (χ2n) is 5.36. The van der Waals surface area contributed by atoms with Gasteiger partial charge in [-0.2, -0.15) is 0 Å². The largest absolute Gasteiger partial charge is 0.463 e. The fourth-order valence-electron chi connectivity index (χ4n) is 2.65. The smallest absolute Gasteiger partial charge is 0.338 e. The van der Waals surface area contributed by atoms with Crippen LogP contribution in [-0.4, -0.2) is 18.6 Å². The van der Waals surface area contributed by atoms with Crippen LogP contribution in [0.3, 0.4) is 0 Å². The van der Waals surface area contributed by atoms with Crippen LogP contribution in [0.4, 0.5) is 4.79 Å². The fourth-order valence-corrected chi connectivity index (χ4v) is 2.65. The van der Waals surface area contributed by atoms with Crippen LogP contribution in [0, 0.1) is 0 Å². The van der Waals surface area contributed by atoms with Crippen molar-refractivity contribution in [2.75, 3.05) is 6.61 Å². The molecule has 1 aliphatic heterocycles. The van der Waals surface area contributed by atoms with Crippen molar-refractivity contribution in [1.82, 2.24) is 10.6 Å². The minimum atomic E-state index is -0.685. The average Bonchev–Trinajstić information content (AvgIpc) is 3.05. The lowest BCUT2D eigenvalue weighted by molar-refractivity contribution is -0.139. The average molecular weight is 326 g/mol. The van der Waals surface area contributed by atoms with Gasteiger partial charge < -0.3 is 19.8 Å². The van der Waals surface area contributed by atoms with Gasteiger partial charge in [0.1, 0.15) is 17.6 Å². The third kappa shape index (κ3) is 3.03. The normalized spacial score (nSPS) is 17.2. The molecule has 24 heavy (non-hydrogen) atoms. The van der Waals surface area contributed by atoms with Gasteiger partial charge in [-0.1, -0.05) is 30.3 Å². The number of ether oxygens (including phenoxy) is 1. The van der Waals surface area contributed by atoms with E-state index in [1.807, 2.05) is 36.4 Å². The number of nitrogens with one attached hydrogen (secondary N) is 2. The summed E-state index contributed by atoms with van der Waals surface area (Å²) in [6, 6.07) is 12.1. The molecular formula is C18H18N2O4. The molecule has 0 fully saturated rings. The van der Waals surface area contributed by atoms with Gasteiger partial charge in [-0.15, -0.1) is 0 Å². The van der Waals surface area contributed by atoms with Crippen molar-refractivity contribution < 1.29 is 18.7 Å². The number of rotatable bonds is 4. The van der Waals surface area contributed by atoms with E-state index in [-0.39, 0.29) is 12.6 Å². The van der Waals surface area contributed by atoms with Crippen LogP contribution >= 0.6 is 0 Å². The van der Waals surface area contributed by atoms with Crippen LogP contribution in [0.5, 0.6) is 0 Å². The molecule has 2 N–H and O–H groups in total. The summed E-state index contributed by atoms with van der Waals surface area (Å²) in [5, 5.41) is 5.31. The fraction of sp³-hybridized carbons (Fsp3) is 0.222. The summed E-state index contributed by atoms with van der Waals surface area (Å²) in [5.41, 5.74) is 1.72. The standard InChI is InChI=1S/C18H18N2O4/c1-3-23-17(21)15-11(2)19-18(22)20-16(15)14-10-9-13(24-14)12-7-5-4-6-8-12/h4-10,16H,3H2,1-2H3,(H2,19,20,22)/t16-/m0/s1. The Balaban J connectivity index is 1.97. The van der Waals surface area contributed by atoms with Gasteiger partial charge in [-0.25, -0.2) is 9.59 Å². The molecule has 6 nitrogen and oxygen atoms in total. The van der Waals surface area contributed by atoms with E-state index in [0.717, 1.165) is 5.56 Å². The van der Waals surface area contributed by atoms with Crippen LogP contribution in [0.2, 0.25) is 0 Å². The van der Waals surface area contributed by atoms with E-state index in [1.54, 1.807) is 19.9 Å². The van der Waals surface area contributed by atoms with E-state index in [2.05, 4.69) is 10.6 Å². The Labute approximate surface area is 139 Å². The Hall–Kier alpha value is -3.02. The van der Waals surface area contributed by atoms with E-state index in [1.165, 1.54) is 0 Å². The van der Waals surface area contributed by atoms with Crippen LogP contribution in [-0.2, 0) is 9.53 Å². The molecule has 1 atom stereocenters. The van der Waals surface area contributed by atoms with Gasteiger partial charge in [0.25, 0.3) is 0 Å². The molecule has 3 rings (SSSR count). The van der Waals surface area contributed by atoms with E-state index < -0.39 is 12.0 Å². The number of carbonyl (C=O) groups excluding carboxylic acids is 2. The Morgan fingerprint density at radius 1 is 1.21 bits per heavy atom. The Kier molecular flexibility index (Phi) is 4.37. The Morgan fingerprint density at radius 2 is 1.96 bits per heavy atom. The summed E-state index contributed by atoms with van der Waals surface area (Å²) in [6.45, 7) is 3.65. The van der Waals surface area contributed by atoms with Crippen LogP contribution in [0.15, 0.2) is 58.2 Å². The minimum absolute atomic E-state index is 0.254. The summed E-state index contributed by atoms with van der Waals surface area (Å²) in [5.74, 6) is 0.663. The van der Waals surface area contributed by atoms with Crippen molar-refractivity contribution in [3.05, 3.63) is 59.5 Å². The van der Waals surface area contributed by atoms with Gasteiger partial charge in [0.05, 0.1) is 12.2 Å². The molecule has 2 aromatic rings. The zero-order chi connectivity index (χ0) is 17.1. The number of hydrogen-bond acceptors (Lipinski definition) is 4. The number of allylic oxidation sites excluding steroid dienone is 1. The summed E-state index contributed by atoms with van der Waals surface area (Å²) >= 11 is 0. The number of benzene rings is 1. The highest BCUT2D eigenvalue weighted by atomic mass is 16.5. The second kappa shape index (κ2) is 6.62. The van der Waals surface area contributed by atoms with Gasteiger partial charge in [0.2, 0.25) is 0 Å². The van der Waals surface area contributed by atoms with Crippen molar-refractivity contribution in [3.63, 3.8) is 0 Å². The number of furan rings is 1. The molecule has 1 aromatic heterocycles. The highest BCUT2D eigenvalue weighted by molar-refractivity contribution is 5.94. The maximum atomic E-state index is 12.3. The number of amides is 2. The third-order valence-corrected chi connectivity index (χ3v) is 3.73. The highest BCUT2D eigenvalue weighted by Gasteiger charge is 2.34. The molecule has 6 heteroatoms. The summed E-state index contributed by atoms with van der Waals surface area (Å²) < 4.78 is 11.0. The maximum Gasteiger partial charge on any atom is 0.338 e. The monoisotopic (exact) mass is 326 g/mol. The molecule has 2 heterocycles.